The fraction of sp³-hybridized carbons (Fsp3) is 0.417. The van der Waals surface area contributed by atoms with Crippen molar-refractivity contribution in [1.29, 1.82) is 0 Å². The smallest absolute Gasteiger partial charge is 0.232 e. The van der Waals surface area contributed by atoms with E-state index < -0.39 is 0 Å². The lowest BCUT2D eigenvalue weighted by molar-refractivity contribution is -0.131. The second kappa shape index (κ2) is 4.78. The van der Waals surface area contributed by atoms with Crippen LogP contribution in [0.4, 0.5) is 5.69 Å². The van der Waals surface area contributed by atoms with Crippen molar-refractivity contribution < 1.29 is 4.79 Å². The minimum absolute atomic E-state index is 0.234. The summed E-state index contributed by atoms with van der Waals surface area (Å²) in [5.41, 5.74) is 7.68. The zero-order valence-corrected chi connectivity index (χ0v) is 10.2. The Balaban J connectivity index is 1.93. The maximum absolute atomic E-state index is 11.7. The van der Waals surface area contributed by atoms with Crippen LogP contribution in [0.25, 0.3) is 0 Å². The number of carbonyl (C=O) groups excluding carboxylic acids is 1. The van der Waals surface area contributed by atoms with Crippen LogP contribution in [0.3, 0.4) is 0 Å². The Morgan fingerprint density at radius 3 is 2.88 bits per heavy atom. The van der Waals surface area contributed by atoms with Gasteiger partial charge in [-0.25, -0.2) is 0 Å². The monoisotopic (exact) mass is 236 g/mol. The number of rotatable bonds is 3. The molecule has 0 spiro atoms. The fourth-order valence-corrected chi connectivity index (χ4v) is 2.55. The lowest BCUT2D eigenvalue weighted by atomic mass is 10.2. The summed E-state index contributed by atoms with van der Waals surface area (Å²) in [4.78, 5) is 14.7. The Morgan fingerprint density at radius 1 is 1.50 bits per heavy atom. The number of hydrogen-bond donors (Lipinski definition) is 1. The Hall–Kier alpha value is -1.16. The Labute approximate surface area is 100.0 Å². The van der Waals surface area contributed by atoms with Gasteiger partial charge >= 0.3 is 0 Å². The van der Waals surface area contributed by atoms with E-state index in [4.69, 9.17) is 5.73 Å². The molecule has 1 aromatic rings. The second-order valence-electron chi connectivity index (χ2n) is 3.99. The molecule has 1 aliphatic rings. The summed E-state index contributed by atoms with van der Waals surface area (Å²) in [6.45, 7) is 3.84. The number of anilines is 1. The summed E-state index contributed by atoms with van der Waals surface area (Å²) in [6, 6.07) is 5.83. The largest absolute Gasteiger partial charge is 0.398 e. The van der Waals surface area contributed by atoms with Crippen molar-refractivity contribution >= 4 is 23.4 Å². The summed E-state index contributed by atoms with van der Waals surface area (Å²) in [5, 5.41) is 0. The van der Waals surface area contributed by atoms with Crippen LogP contribution in [0.15, 0.2) is 23.1 Å². The molecule has 16 heavy (non-hydrogen) atoms. The molecule has 1 amide bonds. The van der Waals surface area contributed by atoms with Crippen molar-refractivity contribution in [2.45, 2.75) is 18.2 Å². The molecule has 1 saturated heterocycles. The highest BCUT2D eigenvalue weighted by Gasteiger charge is 2.20. The first-order valence-corrected chi connectivity index (χ1v) is 6.42. The molecule has 2 N–H and O–H groups in total. The molecule has 1 heterocycles. The van der Waals surface area contributed by atoms with E-state index in [1.165, 1.54) is 0 Å². The molecule has 4 heteroatoms. The van der Waals surface area contributed by atoms with E-state index in [0.29, 0.717) is 5.75 Å². The summed E-state index contributed by atoms with van der Waals surface area (Å²) in [6.07, 6.45) is 1.15. The number of nitrogen functional groups attached to an aromatic ring is 1. The van der Waals surface area contributed by atoms with Crippen molar-refractivity contribution in [3.05, 3.63) is 23.8 Å². The molecule has 1 aromatic carbocycles. The maximum Gasteiger partial charge on any atom is 0.232 e. The van der Waals surface area contributed by atoms with E-state index in [2.05, 4.69) is 0 Å². The lowest BCUT2D eigenvalue weighted by Gasteiger charge is -2.30. The maximum atomic E-state index is 11.7. The van der Waals surface area contributed by atoms with Crippen LogP contribution in [-0.2, 0) is 4.79 Å². The van der Waals surface area contributed by atoms with Gasteiger partial charge in [-0.2, -0.15) is 0 Å². The van der Waals surface area contributed by atoms with Crippen molar-refractivity contribution in [2.24, 2.45) is 0 Å². The molecule has 0 aliphatic carbocycles. The Morgan fingerprint density at radius 2 is 2.25 bits per heavy atom. The third kappa shape index (κ3) is 2.32. The van der Waals surface area contributed by atoms with Crippen LogP contribution in [0.2, 0.25) is 0 Å². The number of nitrogens with zero attached hydrogens (tertiary/aromatic N) is 1. The Bertz CT molecular complexity index is 402. The van der Waals surface area contributed by atoms with E-state index in [-0.39, 0.29) is 5.91 Å². The number of carbonyl (C=O) groups is 1. The lowest BCUT2D eigenvalue weighted by Crippen LogP contribution is -2.43. The normalized spacial score (nSPS) is 14.7. The number of thioether (sulfide) groups is 1. The molecule has 0 saturated carbocycles. The van der Waals surface area contributed by atoms with Crippen LogP contribution < -0.4 is 5.73 Å². The van der Waals surface area contributed by atoms with E-state index >= 15 is 0 Å². The molecule has 86 valence electrons. The highest BCUT2D eigenvalue weighted by Crippen LogP contribution is 2.26. The highest BCUT2D eigenvalue weighted by molar-refractivity contribution is 8.00. The van der Waals surface area contributed by atoms with Gasteiger partial charge in [0.2, 0.25) is 5.91 Å². The van der Waals surface area contributed by atoms with Crippen molar-refractivity contribution in [2.75, 3.05) is 24.6 Å². The number of benzene rings is 1. The number of hydrogen-bond acceptors (Lipinski definition) is 3. The standard InChI is InChI=1S/C12H16N2OS/c1-9-10(13)4-2-5-11(9)16-8-12(15)14-6-3-7-14/h2,4-5H,3,6-8,13H2,1H3. The first-order valence-electron chi connectivity index (χ1n) is 5.44. The third-order valence-corrected chi connectivity index (χ3v) is 4.03. The molecular weight excluding hydrogens is 220 g/mol. The van der Waals surface area contributed by atoms with Gasteiger partial charge in [0.15, 0.2) is 0 Å². The zero-order chi connectivity index (χ0) is 11.5. The molecule has 1 fully saturated rings. The van der Waals surface area contributed by atoms with Gasteiger partial charge < -0.3 is 10.6 Å². The molecule has 0 bridgehead atoms. The highest BCUT2D eigenvalue weighted by atomic mass is 32.2. The van der Waals surface area contributed by atoms with Crippen LogP contribution in [0, 0.1) is 6.92 Å². The van der Waals surface area contributed by atoms with Crippen LogP contribution in [0.5, 0.6) is 0 Å². The van der Waals surface area contributed by atoms with Gasteiger partial charge in [0.25, 0.3) is 0 Å². The van der Waals surface area contributed by atoms with E-state index in [1.54, 1.807) is 11.8 Å². The zero-order valence-electron chi connectivity index (χ0n) is 9.40. The number of amides is 1. The average molecular weight is 236 g/mol. The van der Waals surface area contributed by atoms with Crippen LogP contribution in [-0.4, -0.2) is 29.6 Å². The SMILES string of the molecule is Cc1c(N)cccc1SCC(=O)N1CCC1. The minimum Gasteiger partial charge on any atom is -0.398 e. The van der Waals surface area contributed by atoms with Crippen molar-refractivity contribution in [1.82, 2.24) is 4.90 Å². The number of nitrogens with two attached hydrogens (primary N) is 1. The molecule has 0 radical (unpaired) electrons. The molecule has 1 aliphatic heterocycles. The molecular formula is C12H16N2OS. The summed E-state index contributed by atoms with van der Waals surface area (Å²) in [5.74, 6) is 0.752. The predicted molar refractivity (Wildman–Crippen MR) is 67.5 cm³/mol. The minimum atomic E-state index is 0.234. The van der Waals surface area contributed by atoms with E-state index in [0.717, 1.165) is 35.7 Å². The van der Waals surface area contributed by atoms with Crippen LogP contribution in [0.1, 0.15) is 12.0 Å². The fourth-order valence-electron chi connectivity index (χ4n) is 1.58. The van der Waals surface area contributed by atoms with E-state index in [1.807, 2.05) is 30.0 Å². The van der Waals surface area contributed by atoms with Gasteiger partial charge in [0, 0.05) is 23.7 Å². The third-order valence-electron chi connectivity index (χ3n) is 2.89. The topological polar surface area (TPSA) is 46.3 Å². The first-order chi connectivity index (χ1) is 7.68. The predicted octanol–water partition coefficient (Wildman–Crippen LogP) is 1.90. The van der Waals surface area contributed by atoms with Gasteiger partial charge in [-0.3, -0.25) is 4.79 Å². The van der Waals surface area contributed by atoms with Crippen LogP contribution >= 0.6 is 11.8 Å². The molecule has 0 unspecified atom stereocenters. The average Bonchev–Trinajstić information content (AvgIpc) is 2.18. The Kier molecular flexibility index (Phi) is 3.39. The van der Waals surface area contributed by atoms with Crippen molar-refractivity contribution in [3.8, 4) is 0 Å². The summed E-state index contributed by atoms with van der Waals surface area (Å²) >= 11 is 1.58. The molecule has 0 aromatic heterocycles. The van der Waals surface area contributed by atoms with Gasteiger partial charge in [0.05, 0.1) is 5.75 Å². The first kappa shape index (κ1) is 11.3. The van der Waals surface area contributed by atoms with Gasteiger partial charge in [-0.05, 0) is 31.0 Å². The molecule has 3 nitrogen and oxygen atoms in total. The van der Waals surface area contributed by atoms with E-state index in [9.17, 15) is 4.79 Å². The second-order valence-corrected chi connectivity index (χ2v) is 5.01. The molecule has 2 rings (SSSR count). The van der Waals surface area contributed by atoms with Gasteiger partial charge in [0.1, 0.15) is 0 Å². The summed E-state index contributed by atoms with van der Waals surface area (Å²) in [7, 11) is 0. The van der Waals surface area contributed by atoms with Gasteiger partial charge in [-0.15, -0.1) is 11.8 Å². The quantitative estimate of drug-likeness (QED) is 0.644. The molecule has 0 atom stereocenters. The number of likely N-dealkylation sites (tertiary alicyclic amines) is 1. The van der Waals surface area contributed by atoms with Gasteiger partial charge in [-0.1, -0.05) is 6.07 Å². The summed E-state index contributed by atoms with van der Waals surface area (Å²) < 4.78 is 0. The van der Waals surface area contributed by atoms with Crippen molar-refractivity contribution in [3.63, 3.8) is 0 Å².